The van der Waals surface area contributed by atoms with Crippen LogP contribution in [0.4, 0.5) is 5.69 Å². The van der Waals surface area contributed by atoms with Gasteiger partial charge < -0.3 is 5.32 Å². The smallest absolute Gasteiger partial charge is 0.227 e. The number of unbranched alkanes of at least 4 members (excludes halogenated alkanes) is 2. The highest BCUT2D eigenvalue weighted by molar-refractivity contribution is 5.92. The maximum Gasteiger partial charge on any atom is 0.227 e. The maximum absolute atomic E-state index is 12.2. The van der Waals surface area contributed by atoms with Gasteiger partial charge in [-0.25, -0.2) is 0 Å². The summed E-state index contributed by atoms with van der Waals surface area (Å²) in [5.74, 6) is 0.348. The van der Waals surface area contributed by atoms with Crippen molar-refractivity contribution in [1.82, 2.24) is 0 Å². The predicted molar refractivity (Wildman–Crippen MR) is 77.6 cm³/mol. The summed E-state index contributed by atoms with van der Waals surface area (Å²) in [6.45, 7) is 4.33. The first-order valence-corrected chi connectivity index (χ1v) is 7.13. The average Bonchev–Trinajstić information content (AvgIpc) is 2.39. The standard InChI is InChI=1S/C16H25NO/c1-3-5-7-11-14(10-4-2)16(18)17-15-12-8-6-9-13-15/h6,8-9,12-14H,3-5,7,10-11H2,1-2H3,(H,17,18). The minimum Gasteiger partial charge on any atom is -0.326 e. The zero-order valence-corrected chi connectivity index (χ0v) is 11.6. The van der Waals surface area contributed by atoms with Crippen LogP contribution in [0, 0.1) is 5.92 Å². The summed E-state index contributed by atoms with van der Waals surface area (Å²) >= 11 is 0. The second kappa shape index (κ2) is 8.73. The predicted octanol–water partition coefficient (Wildman–Crippen LogP) is 4.62. The number of para-hydroxylation sites is 1. The number of carbonyl (C=O) groups is 1. The summed E-state index contributed by atoms with van der Waals surface area (Å²) < 4.78 is 0. The Bertz CT molecular complexity index is 334. The van der Waals surface area contributed by atoms with Crippen molar-refractivity contribution < 1.29 is 4.79 Å². The Hall–Kier alpha value is -1.31. The normalized spacial score (nSPS) is 12.1. The van der Waals surface area contributed by atoms with Crippen LogP contribution in [0.3, 0.4) is 0 Å². The Kier molecular flexibility index (Phi) is 7.16. The Morgan fingerprint density at radius 2 is 1.78 bits per heavy atom. The van der Waals surface area contributed by atoms with E-state index in [9.17, 15) is 4.79 Å². The van der Waals surface area contributed by atoms with Gasteiger partial charge in [-0.2, -0.15) is 0 Å². The van der Waals surface area contributed by atoms with Crippen molar-refractivity contribution in [2.24, 2.45) is 5.92 Å². The zero-order valence-electron chi connectivity index (χ0n) is 11.6. The summed E-state index contributed by atoms with van der Waals surface area (Å²) in [6, 6.07) is 9.73. The highest BCUT2D eigenvalue weighted by Crippen LogP contribution is 2.18. The van der Waals surface area contributed by atoms with E-state index >= 15 is 0 Å². The van der Waals surface area contributed by atoms with E-state index in [1.165, 1.54) is 12.8 Å². The molecule has 0 saturated heterocycles. The maximum atomic E-state index is 12.2. The van der Waals surface area contributed by atoms with Gasteiger partial charge in [-0.3, -0.25) is 4.79 Å². The molecule has 0 bridgehead atoms. The number of anilines is 1. The quantitative estimate of drug-likeness (QED) is 0.667. The highest BCUT2D eigenvalue weighted by Gasteiger charge is 2.16. The molecular weight excluding hydrogens is 222 g/mol. The lowest BCUT2D eigenvalue weighted by molar-refractivity contribution is -0.120. The highest BCUT2D eigenvalue weighted by atomic mass is 16.1. The number of carbonyl (C=O) groups excluding carboxylic acids is 1. The van der Waals surface area contributed by atoms with Gasteiger partial charge in [-0.15, -0.1) is 0 Å². The molecule has 2 heteroatoms. The van der Waals surface area contributed by atoms with E-state index in [-0.39, 0.29) is 11.8 Å². The molecular formula is C16H25NO. The first-order valence-electron chi connectivity index (χ1n) is 7.13. The fourth-order valence-electron chi connectivity index (χ4n) is 2.16. The molecule has 1 N–H and O–H groups in total. The Balaban J connectivity index is 2.48. The summed E-state index contributed by atoms with van der Waals surface area (Å²) in [5.41, 5.74) is 0.902. The number of hydrogen-bond acceptors (Lipinski definition) is 1. The molecule has 1 aromatic rings. The largest absolute Gasteiger partial charge is 0.326 e. The van der Waals surface area contributed by atoms with Crippen LogP contribution >= 0.6 is 0 Å². The number of amides is 1. The van der Waals surface area contributed by atoms with Crippen molar-refractivity contribution >= 4 is 11.6 Å². The molecule has 0 aliphatic rings. The SMILES string of the molecule is CCCCCC(CCC)C(=O)Nc1ccccc1. The summed E-state index contributed by atoms with van der Waals surface area (Å²) in [5, 5.41) is 3.01. The lowest BCUT2D eigenvalue weighted by Crippen LogP contribution is -2.22. The van der Waals surface area contributed by atoms with Gasteiger partial charge in [0, 0.05) is 11.6 Å². The number of hydrogen-bond donors (Lipinski definition) is 1. The van der Waals surface area contributed by atoms with E-state index in [0.29, 0.717) is 0 Å². The molecule has 100 valence electrons. The third-order valence-corrected chi connectivity index (χ3v) is 3.21. The number of benzene rings is 1. The molecule has 0 aromatic heterocycles. The molecule has 0 saturated carbocycles. The first-order chi connectivity index (χ1) is 8.77. The molecule has 1 amide bonds. The van der Waals surface area contributed by atoms with E-state index in [1.54, 1.807) is 0 Å². The van der Waals surface area contributed by atoms with Gasteiger partial charge in [-0.1, -0.05) is 57.7 Å². The van der Waals surface area contributed by atoms with Gasteiger partial charge >= 0.3 is 0 Å². The molecule has 0 aliphatic heterocycles. The number of rotatable bonds is 8. The van der Waals surface area contributed by atoms with Crippen molar-refractivity contribution in [2.45, 2.75) is 52.4 Å². The van der Waals surface area contributed by atoms with Crippen molar-refractivity contribution in [3.63, 3.8) is 0 Å². The van der Waals surface area contributed by atoms with Gasteiger partial charge in [0.15, 0.2) is 0 Å². The zero-order chi connectivity index (χ0) is 13.2. The molecule has 1 aromatic carbocycles. The Morgan fingerprint density at radius 3 is 2.39 bits per heavy atom. The van der Waals surface area contributed by atoms with Crippen LogP contribution in [0.5, 0.6) is 0 Å². The first kappa shape index (κ1) is 14.7. The summed E-state index contributed by atoms with van der Waals surface area (Å²) in [7, 11) is 0. The third-order valence-electron chi connectivity index (χ3n) is 3.21. The van der Waals surface area contributed by atoms with E-state index in [0.717, 1.165) is 31.4 Å². The second-order valence-corrected chi connectivity index (χ2v) is 4.84. The lowest BCUT2D eigenvalue weighted by atomic mass is 9.95. The minimum atomic E-state index is 0.168. The molecule has 0 aliphatic carbocycles. The monoisotopic (exact) mass is 247 g/mol. The Labute approximate surface area is 111 Å². The summed E-state index contributed by atoms with van der Waals surface area (Å²) in [4.78, 5) is 12.2. The number of nitrogens with one attached hydrogen (secondary N) is 1. The van der Waals surface area contributed by atoms with E-state index in [1.807, 2.05) is 30.3 Å². The van der Waals surface area contributed by atoms with Gasteiger partial charge in [0.2, 0.25) is 5.91 Å². The van der Waals surface area contributed by atoms with Crippen LogP contribution in [0.1, 0.15) is 52.4 Å². The van der Waals surface area contributed by atoms with Crippen LogP contribution in [-0.4, -0.2) is 5.91 Å². The van der Waals surface area contributed by atoms with E-state index < -0.39 is 0 Å². The van der Waals surface area contributed by atoms with Crippen LogP contribution < -0.4 is 5.32 Å². The van der Waals surface area contributed by atoms with Crippen LogP contribution in [-0.2, 0) is 4.79 Å². The molecule has 18 heavy (non-hydrogen) atoms. The average molecular weight is 247 g/mol. The van der Waals surface area contributed by atoms with Crippen LogP contribution in [0.15, 0.2) is 30.3 Å². The topological polar surface area (TPSA) is 29.1 Å². The van der Waals surface area contributed by atoms with Gasteiger partial charge in [0.25, 0.3) is 0 Å². The fraction of sp³-hybridized carbons (Fsp3) is 0.562. The van der Waals surface area contributed by atoms with Gasteiger partial charge in [-0.05, 0) is 25.0 Å². The fourth-order valence-corrected chi connectivity index (χ4v) is 2.16. The molecule has 0 radical (unpaired) electrons. The molecule has 1 rings (SSSR count). The second-order valence-electron chi connectivity index (χ2n) is 4.84. The van der Waals surface area contributed by atoms with Crippen molar-refractivity contribution in [3.8, 4) is 0 Å². The van der Waals surface area contributed by atoms with Crippen molar-refractivity contribution in [1.29, 1.82) is 0 Å². The Morgan fingerprint density at radius 1 is 1.06 bits per heavy atom. The third kappa shape index (κ3) is 5.35. The van der Waals surface area contributed by atoms with Gasteiger partial charge in [0.1, 0.15) is 0 Å². The van der Waals surface area contributed by atoms with E-state index in [4.69, 9.17) is 0 Å². The van der Waals surface area contributed by atoms with Crippen molar-refractivity contribution in [3.05, 3.63) is 30.3 Å². The molecule has 0 spiro atoms. The molecule has 1 unspecified atom stereocenters. The van der Waals surface area contributed by atoms with Crippen LogP contribution in [0.25, 0.3) is 0 Å². The molecule has 0 heterocycles. The molecule has 2 nitrogen and oxygen atoms in total. The molecule has 0 fully saturated rings. The van der Waals surface area contributed by atoms with Crippen LogP contribution in [0.2, 0.25) is 0 Å². The summed E-state index contributed by atoms with van der Waals surface area (Å²) in [6.07, 6.45) is 6.66. The molecule has 1 atom stereocenters. The van der Waals surface area contributed by atoms with Crippen molar-refractivity contribution in [2.75, 3.05) is 5.32 Å². The van der Waals surface area contributed by atoms with Gasteiger partial charge in [0.05, 0.1) is 0 Å². The van der Waals surface area contributed by atoms with E-state index in [2.05, 4.69) is 19.2 Å². The minimum absolute atomic E-state index is 0.168. The lowest BCUT2D eigenvalue weighted by Gasteiger charge is -2.15.